The van der Waals surface area contributed by atoms with Crippen molar-refractivity contribution >= 4 is 22.9 Å². The van der Waals surface area contributed by atoms with Crippen molar-refractivity contribution in [3.63, 3.8) is 0 Å². The third kappa shape index (κ3) is 1.77. The van der Waals surface area contributed by atoms with E-state index in [0.29, 0.717) is 48.3 Å². The quantitative estimate of drug-likeness (QED) is 0.695. The van der Waals surface area contributed by atoms with E-state index in [2.05, 4.69) is 0 Å². The fourth-order valence-electron chi connectivity index (χ4n) is 5.40. The first-order valence-corrected chi connectivity index (χ1v) is 9.41. The number of hydrogen-bond acceptors (Lipinski definition) is 3. The standard InChI is InChI=1S/C18H18F2O2S/c19-7-1-3-9-11(5-7)15(21)17-13(9)14-10-4-2-8(20)6-12(10)16(22)18(14)23-17/h7-12H,1-6H2. The largest absolute Gasteiger partial charge is 0.293 e. The Hall–Kier alpha value is -1.10. The number of thiophene rings is 1. The van der Waals surface area contributed by atoms with E-state index in [1.807, 2.05) is 0 Å². The molecular weight excluding hydrogens is 318 g/mol. The third-order valence-electron chi connectivity index (χ3n) is 6.42. The highest BCUT2D eigenvalue weighted by Gasteiger charge is 2.53. The number of ketones is 2. The predicted molar refractivity (Wildman–Crippen MR) is 82.9 cm³/mol. The van der Waals surface area contributed by atoms with Crippen LogP contribution in [-0.2, 0) is 0 Å². The lowest BCUT2D eigenvalue weighted by Gasteiger charge is -2.30. The Morgan fingerprint density at radius 3 is 1.57 bits per heavy atom. The van der Waals surface area contributed by atoms with Gasteiger partial charge in [0, 0.05) is 11.8 Å². The number of rotatable bonds is 0. The molecule has 5 heteroatoms. The van der Waals surface area contributed by atoms with E-state index in [9.17, 15) is 18.4 Å². The van der Waals surface area contributed by atoms with E-state index < -0.39 is 12.3 Å². The smallest absolute Gasteiger partial charge is 0.176 e. The Balaban J connectivity index is 1.61. The van der Waals surface area contributed by atoms with Gasteiger partial charge in [-0.3, -0.25) is 9.59 Å². The minimum atomic E-state index is -0.876. The number of halogens is 2. The van der Waals surface area contributed by atoms with Gasteiger partial charge in [-0.05, 0) is 61.5 Å². The summed E-state index contributed by atoms with van der Waals surface area (Å²) in [6, 6.07) is 0. The lowest BCUT2D eigenvalue weighted by Crippen LogP contribution is -2.26. The molecule has 1 heterocycles. The summed E-state index contributed by atoms with van der Waals surface area (Å²) in [7, 11) is 0. The van der Waals surface area contributed by atoms with Crippen LogP contribution in [0.2, 0.25) is 0 Å². The molecule has 1 aromatic heterocycles. The van der Waals surface area contributed by atoms with Crippen LogP contribution in [-0.4, -0.2) is 23.9 Å². The van der Waals surface area contributed by atoms with Gasteiger partial charge in [-0.15, -0.1) is 11.3 Å². The second kappa shape index (κ2) is 4.71. The van der Waals surface area contributed by atoms with Crippen molar-refractivity contribution in [1.82, 2.24) is 0 Å². The number of fused-ring (bicyclic) bond motifs is 7. The molecule has 23 heavy (non-hydrogen) atoms. The van der Waals surface area contributed by atoms with Gasteiger partial charge in [0.25, 0.3) is 0 Å². The topological polar surface area (TPSA) is 34.1 Å². The van der Waals surface area contributed by atoms with Gasteiger partial charge in [0.2, 0.25) is 0 Å². The fourth-order valence-corrected chi connectivity index (χ4v) is 6.86. The molecule has 0 amide bonds. The zero-order chi connectivity index (χ0) is 15.9. The molecule has 0 saturated heterocycles. The minimum Gasteiger partial charge on any atom is -0.293 e. The molecule has 0 aliphatic heterocycles. The van der Waals surface area contributed by atoms with Crippen molar-refractivity contribution in [2.45, 2.75) is 62.7 Å². The molecular formula is C18H18F2O2S. The molecule has 4 aliphatic rings. The first-order chi connectivity index (χ1) is 11.1. The highest BCUT2D eigenvalue weighted by Crippen LogP contribution is 2.59. The van der Waals surface area contributed by atoms with Crippen LogP contribution in [0.3, 0.4) is 0 Å². The van der Waals surface area contributed by atoms with E-state index in [0.717, 1.165) is 11.1 Å². The number of alkyl halides is 2. The molecule has 4 aliphatic carbocycles. The summed E-state index contributed by atoms with van der Waals surface area (Å²) in [6.45, 7) is 0. The van der Waals surface area contributed by atoms with Crippen LogP contribution in [0.25, 0.3) is 0 Å². The monoisotopic (exact) mass is 336 g/mol. The molecule has 2 fully saturated rings. The van der Waals surface area contributed by atoms with Crippen molar-refractivity contribution in [2.75, 3.05) is 0 Å². The minimum absolute atomic E-state index is 0.0512. The molecule has 0 aromatic carbocycles. The Kier molecular flexibility index (Phi) is 2.92. The SMILES string of the molecule is O=C1c2sc3c(c2C2CCC(F)CC12)C1CCC(F)CC1C3=O. The lowest BCUT2D eigenvalue weighted by atomic mass is 9.74. The maximum absolute atomic E-state index is 13.7. The van der Waals surface area contributed by atoms with Gasteiger partial charge in [-0.1, -0.05) is 0 Å². The number of hydrogen-bond donors (Lipinski definition) is 0. The zero-order valence-electron chi connectivity index (χ0n) is 12.7. The van der Waals surface area contributed by atoms with Crippen molar-refractivity contribution in [1.29, 1.82) is 0 Å². The zero-order valence-corrected chi connectivity index (χ0v) is 13.5. The van der Waals surface area contributed by atoms with E-state index in [1.54, 1.807) is 0 Å². The van der Waals surface area contributed by atoms with Crippen molar-refractivity contribution in [3.8, 4) is 0 Å². The molecule has 5 rings (SSSR count). The van der Waals surface area contributed by atoms with Crippen LogP contribution in [0.5, 0.6) is 0 Å². The van der Waals surface area contributed by atoms with Gasteiger partial charge in [0.1, 0.15) is 12.3 Å². The fraction of sp³-hybridized carbons (Fsp3) is 0.667. The van der Waals surface area contributed by atoms with E-state index in [4.69, 9.17) is 0 Å². The van der Waals surface area contributed by atoms with Gasteiger partial charge >= 0.3 is 0 Å². The van der Waals surface area contributed by atoms with Crippen LogP contribution in [0, 0.1) is 11.8 Å². The van der Waals surface area contributed by atoms with Gasteiger partial charge in [-0.2, -0.15) is 0 Å². The molecule has 1 aromatic rings. The second-order valence-electron chi connectivity index (χ2n) is 7.56. The summed E-state index contributed by atoms with van der Waals surface area (Å²) in [4.78, 5) is 26.8. The van der Waals surface area contributed by atoms with E-state index in [1.165, 1.54) is 11.3 Å². The molecule has 6 unspecified atom stereocenters. The highest BCUT2D eigenvalue weighted by molar-refractivity contribution is 7.16. The average molecular weight is 336 g/mol. The van der Waals surface area contributed by atoms with Crippen LogP contribution in [0.4, 0.5) is 8.78 Å². The van der Waals surface area contributed by atoms with Gasteiger partial charge in [0.15, 0.2) is 11.6 Å². The van der Waals surface area contributed by atoms with Crippen LogP contribution in [0.15, 0.2) is 0 Å². The first kappa shape index (κ1) is 14.3. The molecule has 0 radical (unpaired) electrons. The Bertz CT molecular complexity index is 666. The van der Waals surface area contributed by atoms with E-state index in [-0.39, 0.29) is 35.2 Å². The first-order valence-electron chi connectivity index (χ1n) is 8.59. The number of carbonyl (C=O) groups is 2. The molecule has 2 nitrogen and oxygen atoms in total. The normalized spacial score (nSPS) is 41.5. The third-order valence-corrected chi connectivity index (χ3v) is 7.67. The summed E-state index contributed by atoms with van der Waals surface area (Å²) in [5, 5.41) is 0. The van der Waals surface area contributed by atoms with Gasteiger partial charge in [-0.25, -0.2) is 8.78 Å². The molecule has 0 N–H and O–H groups in total. The van der Waals surface area contributed by atoms with Crippen molar-refractivity contribution < 1.29 is 18.4 Å². The lowest BCUT2D eigenvalue weighted by molar-refractivity contribution is 0.0839. The van der Waals surface area contributed by atoms with Gasteiger partial charge in [0.05, 0.1) is 9.75 Å². The van der Waals surface area contributed by atoms with Crippen molar-refractivity contribution in [2.24, 2.45) is 11.8 Å². The van der Waals surface area contributed by atoms with Crippen LogP contribution >= 0.6 is 11.3 Å². The predicted octanol–water partition coefficient (Wildman–Crippen LogP) is 4.58. The maximum Gasteiger partial charge on any atom is 0.176 e. The molecule has 6 atom stereocenters. The summed E-state index contributed by atoms with van der Waals surface area (Å²) in [6.07, 6.45) is 1.32. The Morgan fingerprint density at radius 1 is 0.696 bits per heavy atom. The van der Waals surface area contributed by atoms with Crippen LogP contribution in [0.1, 0.15) is 80.8 Å². The van der Waals surface area contributed by atoms with Crippen LogP contribution < -0.4 is 0 Å². The second-order valence-corrected chi connectivity index (χ2v) is 8.58. The summed E-state index contributed by atoms with van der Waals surface area (Å²) < 4.78 is 27.5. The maximum atomic E-state index is 13.7. The summed E-state index contributed by atoms with van der Waals surface area (Å²) >= 11 is 1.32. The Labute approximate surface area is 137 Å². The highest BCUT2D eigenvalue weighted by atomic mass is 32.1. The molecule has 0 bridgehead atoms. The number of Topliss-reactive ketones (excluding diaryl/α,β-unsaturated/α-hetero) is 2. The summed E-state index contributed by atoms with van der Waals surface area (Å²) in [5.74, 6) is -0.155. The molecule has 122 valence electrons. The molecule has 2 saturated carbocycles. The van der Waals surface area contributed by atoms with Gasteiger partial charge < -0.3 is 0 Å². The number of carbonyl (C=O) groups excluding carboxylic acids is 2. The summed E-state index contributed by atoms with van der Waals surface area (Å²) in [5.41, 5.74) is 2.12. The Morgan fingerprint density at radius 2 is 1.13 bits per heavy atom. The molecule has 0 spiro atoms. The average Bonchev–Trinajstić information content (AvgIpc) is 3.11. The van der Waals surface area contributed by atoms with E-state index >= 15 is 0 Å². The van der Waals surface area contributed by atoms with Crippen molar-refractivity contribution in [3.05, 3.63) is 20.9 Å².